The Kier molecular flexibility index (Phi) is 5.59. The van der Waals surface area contributed by atoms with Gasteiger partial charge in [-0.2, -0.15) is 0 Å². The van der Waals surface area contributed by atoms with Gasteiger partial charge < -0.3 is 9.47 Å². The molecule has 0 unspecified atom stereocenters. The molecular formula is C33H27N5O2. The number of fused-ring (bicyclic) bond motifs is 8. The van der Waals surface area contributed by atoms with Crippen molar-refractivity contribution in [1.29, 1.82) is 0 Å². The fraction of sp³-hybridized carbons (Fsp3) is 0.152. The van der Waals surface area contributed by atoms with Gasteiger partial charge in [0.15, 0.2) is 11.5 Å². The summed E-state index contributed by atoms with van der Waals surface area (Å²) >= 11 is 0. The lowest BCUT2D eigenvalue weighted by Gasteiger charge is -2.16. The van der Waals surface area contributed by atoms with Gasteiger partial charge in [-0.25, -0.2) is 9.97 Å². The summed E-state index contributed by atoms with van der Waals surface area (Å²) in [5.41, 5.74) is 7.61. The zero-order valence-corrected chi connectivity index (χ0v) is 22.7. The zero-order valence-electron chi connectivity index (χ0n) is 22.7. The van der Waals surface area contributed by atoms with Gasteiger partial charge in [0.25, 0.3) is 0 Å². The number of hydrogen-bond acceptors (Lipinski definition) is 6. The maximum atomic E-state index is 6.40. The summed E-state index contributed by atoms with van der Waals surface area (Å²) in [7, 11) is 0. The molecule has 5 heterocycles. The van der Waals surface area contributed by atoms with Gasteiger partial charge in [0.05, 0.1) is 39.7 Å². The highest BCUT2D eigenvalue weighted by Crippen LogP contribution is 2.38. The number of imidazole rings is 1. The number of pyridine rings is 4. The summed E-state index contributed by atoms with van der Waals surface area (Å²) in [6, 6.07) is 24.1. The van der Waals surface area contributed by atoms with Gasteiger partial charge in [0, 0.05) is 29.1 Å². The minimum atomic E-state index is 0.329. The Hall–Kier alpha value is -5.04. The molecule has 0 aliphatic carbocycles. The van der Waals surface area contributed by atoms with E-state index in [1.807, 2.05) is 62.4 Å². The van der Waals surface area contributed by atoms with Crippen molar-refractivity contribution in [2.75, 3.05) is 0 Å². The molecule has 0 spiro atoms. The van der Waals surface area contributed by atoms with Crippen molar-refractivity contribution < 1.29 is 9.47 Å². The van der Waals surface area contributed by atoms with Crippen molar-refractivity contribution in [3.8, 4) is 23.1 Å². The number of benzene rings is 2. The molecule has 0 bridgehead atoms. The third kappa shape index (κ3) is 3.90. The van der Waals surface area contributed by atoms with E-state index < -0.39 is 0 Å². The lowest BCUT2D eigenvalue weighted by atomic mass is 9.96. The Morgan fingerprint density at radius 1 is 0.750 bits per heavy atom. The Bertz CT molecular complexity index is 2070. The van der Waals surface area contributed by atoms with E-state index in [4.69, 9.17) is 19.4 Å². The lowest BCUT2D eigenvalue weighted by Crippen LogP contribution is -1.99. The molecular weight excluding hydrogens is 498 g/mol. The molecule has 0 saturated heterocycles. The molecule has 0 fully saturated rings. The lowest BCUT2D eigenvalue weighted by molar-refractivity contribution is 0.439. The third-order valence-electron chi connectivity index (χ3n) is 7.23. The number of aryl methyl sites for hydroxylation is 2. The topological polar surface area (TPSA) is 74.4 Å². The van der Waals surface area contributed by atoms with Gasteiger partial charge in [-0.05, 0) is 55.7 Å². The second-order valence-electron chi connectivity index (χ2n) is 10.3. The van der Waals surface area contributed by atoms with Crippen LogP contribution < -0.4 is 9.47 Å². The predicted molar refractivity (Wildman–Crippen MR) is 158 cm³/mol. The highest BCUT2D eigenvalue weighted by atomic mass is 16.5. The third-order valence-corrected chi connectivity index (χ3v) is 7.23. The standard InChI is InChI=1S/C33H27N5O2/c1-19(2)23-10-9-13-27-31(23)32-24(33-37-25-11-5-6-12-26(25)38(27)33)16-22(18-35-32)39-28-17-29(21(4)36-20(28)3)40-30-14-7-8-15-34-30/h5-19H,1-4H3. The van der Waals surface area contributed by atoms with Gasteiger partial charge in [0.1, 0.15) is 11.4 Å². The van der Waals surface area contributed by atoms with Crippen LogP contribution in [-0.4, -0.2) is 24.3 Å². The average Bonchev–Trinajstić information content (AvgIpc) is 3.36. The van der Waals surface area contributed by atoms with E-state index >= 15 is 0 Å². The molecule has 2 aromatic carbocycles. The van der Waals surface area contributed by atoms with Crippen LogP contribution in [0.4, 0.5) is 0 Å². The number of nitrogens with zero attached hydrogens (tertiary/aromatic N) is 5. The average molecular weight is 526 g/mol. The van der Waals surface area contributed by atoms with Crippen molar-refractivity contribution in [1.82, 2.24) is 24.3 Å². The molecule has 196 valence electrons. The van der Waals surface area contributed by atoms with Gasteiger partial charge >= 0.3 is 0 Å². The number of ether oxygens (including phenoxy) is 2. The maximum Gasteiger partial charge on any atom is 0.219 e. The SMILES string of the molecule is Cc1nc(C)c(Oc2ccccn2)cc1Oc1cnc2c(c1)c1nc3ccccc3n1c1cccc(C(C)C)c21. The minimum absolute atomic E-state index is 0.329. The molecule has 7 nitrogen and oxygen atoms in total. The van der Waals surface area contributed by atoms with E-state index in [0.29, 0.717) is 29.0 Å². The predicted octanol–water partition coefficient (Wildman–Crippen LogP) is 8.30. The summed E-state index contributed by atoms with van der Waals surface area (Å²) < 4.78 is 14.6. The van der Waals surface area contributed by atoms with Crippen LogP contribution in [0, 0.1) is 13.8 Å². The van der Waals surface area contributed by atoms with Crippen molar-refractivity contribution in [3.05, 3.63) is 102 Å². The van der Waals surface area contributed by atoms with Crippen LogP contribution in [0.3, 0.4) is 0 Å². The summed E-state index contributed by atoms with van der Waals surface area (Å²) in [6.45, 7) is 8.26. The van der Waals surface area contributed by atoms with E-state index in [-0.39, 0.29) is 0 Å². The molecule has 0 aliphatic rings. The van der Waals surface area contributed by atoms with Crippen LogP contribution >= 0.6 is 0 Å². The molecule has 7 rings (SSSR count). The summed E-state index contributed by atoms with van der Waals surface area (Å²) in [6.07, 6.45) is 3.47. The Labute approximate surface area is 231 Å². The molecule has 5 aromatic heterocycles. The summed E-state index contributed by atoms with van der Waals surface area (Å²) in [4.78, 5) is 18.9. The van der Waals surface area contributed by atoms with Gasteiger partial charge in [-0.15, -0.1) is 0 Å². The van der Waals surface area contributed by atoms with Crippen molar-refractivity contribution in [2.45, 2.75) is 33.6 Å². The first-order valence-electron chi connectivity index (χ1n) is 13.3. The summed E-state index contributed by atoms with van der Waals surface area (Å²) in [5, 5.41) is 2.06. The molecule has 0 amide bonds. The molecule has 40 heavy (non-hydrogen) atoms. The van der Waals surface area contributed by atoms with Crippen LogP contribution in [0.1, 0.15) is 36.7 Å². The Balaban J connectivity index is 1.42. The molecule has 7 heteroatoms. The van der Waals surface area contributed by atoms with E-state index in [2.05, 4.69) is 52.5 Å². The first kappa shape index (κ1) is 24.0. The molecule has 0 saturated carbocycles. The number of para-hydroxylation sites is 2. The van der Waals surface area contributed by atoms with Gasteiger partial charge in [-0.3, -0.25) is 14.4 Å². The molecule has 0 radical (unpaired) electrons. The minimum Gasteiger partial charge on any atom is -0.454 e. The normalized spacial score (nSPS) is 11.7. The first-order valence-corrected chi connectivity index (χ1v) is 13.3. The van der Waals surface area contributed by atoms with Crippen LogP contribution in [0.25, 0.3) is 38.5 Å². The Morgan fingerprint density at radius 2 is 1.52 bits per heavy atom. The highest BCUT2D eigenvalue weighted by molar-refractivity contribution is 6.13. The van der Waals surface area contributed by atoms with E-state index in [1.54, 1.807) is 12.4 Å². The van der Waals surface area contributed by atoms with Crippen LogP contribution in [0.2, 0.25) is 0 Å². The van der Waals surface area contributed by atoms with Crippen LogP contribution in [0.5, 0.6) is 23.1 Å². The zero-order chi connectivity index (χ0) is 27.4. The second-order valence-corrected chi connectivity index (χ2v) is 10.3. The van der Waals surface area contributed by atoms with Crippen molar-refractivity contribution in [3.63, 3.8) is 0 Å². The summed E-state index contributed by atoms with van der Waals surface area (Å²) in [5.74, 6) is 2.60. The number of aromatic nitrogens is 5. The Morgan fingerprint density at radius 3 is 2.33 bits per heavy atom. The van der Waals surface area contributed by atoms with Crippen molar-refractivity contribution >= 4 is 38.5 Å². The van der Waals surface area contributed by atoms with Gasteiger partial charge in [-0.1, -0.05) is 44.2 Å². The quantitative estimate of drug-likeness (QED) is 0.210. The number of hydrogen-bond donors (Lipinski definition) is 0. The largest absolute Gasteiger partial charge is 0.454 e. The van der Waals surface area contributed by atoms with Crippen molar-refractivity contribution in [2.24, 2.45) is 0 Å². The fourth-order valence-corrected chi connectivity index (χ4v) is 5.35. The molecule has 0 atom stereocenters. The van der Waals surface area contributed by atoms with Crippen LogP contribution in [0.15, 0.2) is 85.2 Å². The fourth-order valence-electron chi connectivity index (χ4n) is 5.35. The van der Waals surface area contributed by atoms with Crippen LogP contribution in [-0.2, 0) is 0 Å². The molecule has 0 aliphatic heterocycles. The first-order chi connectivity index (χ1) is 19.5. The molecule has 0 N–H and O–H groups in total. The van der Waals surface area contributed by atoms with Gasteiger partial charge in [0.2, 0.25) is 5.88 Å². The second kappa shape index (κ2) is 9.31. The number of rotatable bonds is 5. The smallest absolute Gasteiger partial charge is 0.219 e. The van der Waals surface area contributed by atoms with E-state index in [9.17, 15) is 0 Å². The molecule has 7 aromatic rings. The van der Waals surface area contributed by atoms with E-state index in [0.717, 1.165) is 49.9 Å². The maximum absolute atomic E-state index is 6.40. The monoisotopic (exact) mass is 525 g/mol. The highest BCUT2D eigenvalue weighted by Gasteiger charge is 2.19. The van der Waals surface area contributed by atoms with E-state index in [1.165, 1.54) is 5.56 Å².